The van der Waals surface area contributed by atoms with E-state index < -0.39 is 0 Å². The second-order valence-corrected chi connectivity index (χ2v) is 5.45. The molecule has 0 aliphatic carbocycles. The van der Waals surface area contributed by atoms with Crippen LogP contribution < -0.4 is 15.2 Å². The van der Waals surface area contributed by atoms with E-state index in [0.717, 1.165) is 28.2 Å². The van der Waals surface area contributed by atoms with Gasteiger partial charge in [-0.3, -0.25) is 0 Å². The van der Waals surface area contributed by atoms with Gasteiger partial charge in [0.15, 0.2) is 0 Å². The van der Waals surface area contributed by atoms with Crippen LogP contribution in [-0.2, 0) is 6.42 Å². The molecule has 0 saturated heterocycles. The fraction of sp³-hybridized carbons (Fsp3) is 0.294. The molecular weight excluding hydrogens is 286 g/mol. The Morgan fingerprint density at radius 3 is 2.43 bits per heavy atom. The molecule has 2 N–H and O–H groups in total. The minimum atomic E-state index is -0.187. The Balaban J connectivity index is 2.30. The van der Waals surface area contributed by atoms with Crippen LogP contribution in [0.3, 0.4) is 0 Å². The van der Waals surface area contributed by atoms with E-state index in [-0.39, 0.29) is 6.04 Å². The third-order valence-corrected chi connectivity index (χ3v) is 3.71. The van der Waals surface area contributed by atoms with E-state index in [9.17, 15) is 0 Å². The Kier molecular flexibility index (Phi) is 5.10. The number of halogens is 1. The minimum absolute atomic E-state index is 0.187. The highest BCUT2D eigenvalue weighted by Gasteiger charge is 2.15. The van der Waals surface area contributed by atoms with E-state index in [1.54, 1.807) is 14.2 Å². The van der Waals surface area contributed by atoms with Gasteiger partial charge in [-0.05, 0) is 48.7 Å². The number of ether oxygens (including phenoxy) is 2. The van der Waals surface area contributed by atoms with Crippen molar-refractivity contribution in [3.8, 4) is 11.5 Å². The summed E-state index contributed by atoms with van der Waals surface area (Å²) in [6.07, 6.45) is 0.628. The van der Waals surface area contributed by atoms with E-state index in [1.165, 1.54) is 0 Å². The van der Waals surface area contributed by atoms with Crippen molar-refractivity contribution in [1.82, 2.24) is 0 Å². The summed E-state index contributed by atoms with van der Waals surface area (Å²) in [5.74, 6) is 1.60. The number of nitrogens with two attached hydrogens (primary N) is 1. The average molecular weight is 306 g/mol. The lowest BCUT2D eigenvalue weighted by Crippen LogP contribution is -2.15. The molecule has 0 heterocycles. The highest BCUT2D eigenvalue weighted by molar-refractivity contribution is 6.30. The molecule has 0 aliphatic rings. The van der Waals surface area contributed by atoms with E-state index in [2.05, 4.69) is 0 Å². The van der Waals surface area contributed by atoms with E-state index in [1.807, 2.05) is 43.3 Å². The molecule has 2 rings (SSSR count). The quantitative estimate of drug-likeness (QED) is 0.911. The van der Waals surface area contributed by atoms with Crippen LogP contribution in [0.15, 0.2) is 36.4 Å². The second kappa shape index (κ2) is 6.83. The molecule has 0 spiro atoms. The minimum Gasteiger partial charge on any atom is -0.496 e. The molecule has 1 unspecified atom stereocenters. The van der Waals surface area contributed by atoms with Crippen molar-refractivity contribution in [1.29, 1.82) is 0 Å². The summed E-state index contributed by atoms with van der Waals surface area (Å²) in [6, 6.07) is 11.4. The summed E-state index contributed by atoms with van der Waals surface area (Å²) < 4.78 is 10.8. The molecule has 2 aromatic rings. The Hall–Kier alpha value is -1.71. The lowest BCUT2D eigenvalue weighted by atomic mass is 9.97. The third kappa shape index (κ3) is 3.69. The van der Waals surface area contributed by atoms with Gasteiger partial charge >= 0.3 is 0 Å². The molecule has 21 heavy (non-hydrogen) atoms. The van der Waals surface area contributed by atoms with Gasteiger partial charge < -0.3 is 15.2 Å². The highest BCUT2D eigenvalue weighted by atomic mass is 35.5. The molecule has 3 nitrogen and oxygen atoms in total. The van der Waals surface area contributed by atoms with Crippen molar-refractivity contribution in [2.45, 2.75) is 19.4 Å². The Bertz CT molecular complexity index is 628. The smallest absolute Gasteiger partial charge is 0.123 e. The summed E-state index contributed by atoms with van der Waals surface area (Å²) in [6.45, 7) is 2.03. The molecule has 1 atom stereocenters. The van der Waals surface area contributed by atoms with Gasteiger partial charge in [-0.25, -0.2) is 0 Å². The molecule has 0 amide bonds. The zero-order chi connectivity index (χ0) is 15.4. The Morgan fingerprint density at radius 2 is 1.76 bits per heavy atom. The molecule has 0 fully saturated rings. The van der Waals surface area contributed by atoms with Crippen molar-refractivity contribution in [2.75, 3.05) is 14.2 Å². The zero-order valence-electron chi connectivity index (χ0n) is 12.5. The average Bonchev–Trinajstić information content (AvgIpc) is 2.47. The van der Waals surface area contributed by atoms with Crippen molar-refractivity contribution in [2.24, 2.45) is 5.73 Å². The summed E-state index contributed by atoms with van der Waals surface area (Å²) >= 11 is 6.06. The van der Waals surface area contributed by atoms with Crippen LogP contribution in [0.4, 0.5) is 0 Å². The first-order valence-electron chi connectivity index (χ1n) is 6.77. The largest absolute Gasteiger partial charge is 0.496 e. The predicted octanol–water partition coefficient (Wildman–Crippen LogP) is 3.91. The lowest BCUT2D eigenvalue weighted by Gasteiger charge is -2.18. The predicted molar refractivity (Wildman–Crippen MR) is 86.4 cm³/mol. The van der Waals surface area contributed by atoms with Crippen LogP contribution in [0.5, 0.6) is 11.5 Å². The number of hydrogen-bond donors (Lipinski definition) is 1. The Morgan fingerprint density at radius 1 is 1.05 bits per heavy atom. The van der Waals surface area contributed by atoms with Crippen LogP contribution in [0.25, 0.3) is 0 Å². The standard InChI is InChI=1S/C17H20ClNO2/c1-11-4-6-14(17(8-11)21-3)15(19)10-12-9-13(18)5-7-16(12)20-2/h4-9,15H,10,19H2,1-3H3. The molecule has 0 aliphatic heterocycles. The summed E-state index contributed by atoms with van der Waals surface area (Å²) in [7, 11) is 3.30. The lowest BCUT2D eigenvalue weighted by molar-refractivity contribution is 0.400. The number of aryl methyl sites for hydroxylation is 1. The van der Waals surface area contributed by atoms with Gasteiger partial charge in [-0.2, -0.15) is 0 Å². The number of benzene rings is 2. The van der Waals surface area contributed by atoms with Gasteiger partial charge in [0.1, 0.15) is 11.5 Å². The summed E-state index contributed by atoms with van der Waals surface area (Å²) in [5.41, 5.74) is 9.45. The second-order valence-electron chi connectivity index (χ2n) is 5.01. The van der Waals surface area contributed by atoms with Crippen LogP contribution in [0.2, 0.25) is 5.02 Å². The maximum atomic E-state index is 6.35. The fourth-order valence-electron chi connectivity index (χ4n) is 2.38. The molecule has 2 aromatic carbocycles. The van der Waals surface area contributed by atoms with E-state index in [4.69, 9.17) is 26.8 Å². The van der Waals surface area contributed by atoms with Crippen LogP contribution in [0, 0.1) is 6.92 Å². The highest BCUT2D eigenvalue weighted by Crippen LogP contribution is 2.31. The number of hydrogen-bond acceptors (Lipinski definition) is 3. The molecule has 0 saturated carbocycles. The van der Waals surface area contributed by atoms with Crippen molar-refractivity contribution in [3.63, 3.8) is 0 Å². The van der Waals surface area contributed by atoms with Gasteiger partial charge in [0.2, 0.25) is 0 Å². The number of rotatable bonds is 5. The molecule has 0 aromatic heterocycles. The first-order chi connectivity index (χ1) is 10.0. The topological polar surface area (TPSA) is 44.5 Å². The zero-order valence-corrected chi connectivity index (χ0v) is 13.3. The molecule has 0 bridgehead atoms. The molecule has 0 radical (unpaired) electrons. The molecule has 4 heteroatoms. The first kappa shape index (κ1) is 15.7. The van der Waals surface area contributed by atoms with Crippen LogP contribution in [0.1, 0.15) is 22.7 Å². The van der Waals surface area contributed by atoms with Crippen molar-refractivity contribution in [3.05, 3.63) is 58.1 Å². The molecular formula is C17H20ClNO2. The van der Waals surface area contributed by atoms with E-state index in [0.29, 0.717) is 11.4 Å². The fourth-order valence-corrected chi connectivity index (χ4v) is 2.57. The third-order valence-electron chi connectivity index (χ3n) is 3.47. The van der Waals surface area contributed by atoms with Gasteiger partial charge in [0.05, 0.1) is 14.2 Å². The maximum absolute atomic E-state index is 6.35. The van der Waals surface area contributed by atoms with Crippen LogP contribution in [-0.4, -0.2) is 14.2 Å². The maximum Gasteiger partial charge on any atom is 0.123 e. The first-order valence-corrected chi connectivity index (χ1v) is 7.15. The van der Waals surface area contributed by atoms with Gasteiger partial charge in [-0.1, -0.05) is 23.7 Å². The number of methoxy groups -OCH3 is 2. The summed E-state index contributed by atoms with van der Waals surface area (Å²) in [5, 5.41) is 0.675. The van der Waals surface area contributed by atoms with Crippen LogP contribution >= 0.6 is 11.6 Å². The molecule has 112 valence electrons. The normalized spacial score (nSPS) is 12.0. The van der Waals surface area contributed by atoms with Gasteiger partial charge in [0.25, 0.3) is 0 Å². The van der Waals surface area contributed by atoms with Gasteiger partial charge in [-0.15, -0.1) is 0 Å². The SMILES string of the molecule is COc1ccc(Cl)cc1CC(N)c1ccc(C)cc1OC. The van der Waals surface area contributed by atoms with E-state index >= 15 is 0 Å². The summed E-state index contributed by atoms with van der Waals surface area (Å²) in [4.78, 5) is 0. The van der Waals surface area contributed by atoms with Crippen molar-refractivity contribution >= 4 is 11.6 Å². The van der Waals surface area contributed by atoms with Crippen molar-refractivity contribution < 1.29 is 9.47 Å². The Labute approximate surface area is 130 Å². The monoisotopic (exact) mass is 305 g/mol. The van der Waals surface area contributed by atoms with Gasteiger partial charge in [0, 0.05) is 16.6 Å².